The van der Waals surface area contributed by atoms with Gasteiger partial charge in [-0.3, -0.25) is 0 Å². The van der Waals surface area contributed by atoms with Gasteiger partial charge in [-0.1, -0.05) is 147 Å². The van der Waals surface area contributed by atoms with Crippen LogP contribution in [0.2, 0.25) is 0 Å². The summed E-state index contributed by atoms with van der Waals surface area (Å²) in [5.74, 6) is 0. The average Bonchev–Trinajstić information content (AvgIpc) is 3.32. The molecule has 0 N–H and O–H groups in total. The summed E-state index contributed by atoms with van der Waals surface area (Å²) in [4.78, 5) is 2.50. The molecular weight excluding hydrogens is 542 g/mol. The minimum Gasteiger partial charge on any atom is -0.309 e. The molecule has 0 unspecified atom stereocenters. The van der Waals surface area contributed by atoms with Crippen molar-refractivity contribution in [2.75, 3.05) is 4.90 Å². The molecule has 1 nitrogen and oxygen atoms in total. The normalized spacial score (nSPS) is 13.0. The lowest BCUT2D eigenvalue weighted by Crippen LogP contribution is -2.16. The molecule has 1 aliphatic rings. The maximum Gasteiger partial charge on any atom is 0.0621 e. The van der Waals surface area contributed by atoms with Gasteiger partial charge in [-0.15, -0.1) is 0 Å². The topological polar surface area (TPSA) is 3.24 Å². The van der Waals surface area contributed by atoms with E-state index in [0.29, 0.717) is 0 Å². The fourth-order valence-corrected chi connectivity index (χ4v) is 7.31. The van der Waals surface area contributed by atoms with Gasteiger partial charge in [0.25, 0.3) is 0 Å². The number of aryl methyl sites for hydroxylation is 1. The number of hydrogen-bond acceptors (Lipinski definition) is 1. The molecule has 0 aromatic heterocycles. The van der Waals surface area contributed by atoms with E-state index >= 15 is 0 Å². The van der Waals surface area contributed by atoms with Crippen LogP contribution in [0.4, 0.5) is 17.1 Å². The summed E-state index contributed by atoms with van der Waals surface area (Å²) in [6.07, 6.45) is 0. The monoisotopic (exact) mass is 577 g/mol. The lowest BCUT2D eigenvalue weighted by Gasteiger charge is -2.31. The number of para-hydroxylation sites is 1. The zero-order valence-electron chi connectivity index (χ0n) is 26.0. The fraction of sp³-hybridized carbons (Fsp3) is 0.0909. The van der Waals surface area contributed by atoms with Crippen LogP contribution in [0.1, 0.15) is 30.5 Å². The first-order valence-electron chi connectivity index (χ1n) is 15.8. The Labute approximate surface area is 266 Å². The van der Waals surface area contributed by atoms with E-state index in [9.17, 15) is 0 Å². The van der Waals surface area contributed by atoms with Crippen LogP contribution in [0.15, 0.2) is 158 Å². The molecule has 8 rings (SSSR count). The van der Waals surface area contributed by atoms with Gasteiger partial charge in [-0.2, -0.15) is 0 Å². The molecule has 0 heterocycles. The van der Waals surface area contributed by atoms with Crippen LogP contribution in [0.5, 0.6) is 0 Å². The van der Waals surface area contributed by atoms with Crippen LogP contribution in [0.3, 0.4) is 0 Å². The zero-order valence-corrected chi connectivity index (χ0v) is 26.0. The quantitative estimate of drug-likeness (QED) is 0.197. The van der Waals surface area contributed by atoms with E-state index in [4.69, 9.17) is 0 Å². The molecule has 0 saturated carbocycles. The predicted octanol–water partition coefficient (Wildman–Crippen LogP) is 12.3. The molecule has 216 valence electrons. The van der Waals surface area contributed by atoms with Gasteiger partial charge in [-0.05, 0) is 81.1 Å². The van der Waals surface area contributed by atoms with Gasteiger partial charge in [0.2, 0.25) is 0 Å². The number of anilines is 3. The predicted molar refractivity (Wildman–Crippen MR) is 192 cm³/mol. The van der Waals surface area contributed by atoms with Gasteiger partial charge in [-0.25, -0.2) is 0 Å². The Bertz CT molecular complexity index is 2190. The van der Waals surface area contributed by atoms with Crippen LogP contribution >= 0.6 is 0 Å². The molecule has 0 fully saturated rings. The highest BCUT2D eigenvalue weighted by molar-refractivity contribution is 6.10. The van der Waals surface area contributed by atoms with Crippen LogP contribution < -0.4 is 4.90 Å². The second-order valence-corrected chi connectivity index (χ2v) is 12.6. The number of benzene rings is 7. The summed E-state index contributed by atoms with van der Waals surface area (Å²) in [5.41, 5.74) is 15.0. The molecule has 0 bridgehead atoms. The summed E-state index contributed by atoms with van der Waals surface area (Å²) in [5, 5.41) is 2.52. The maximum atomic E-state index is 2.50. The molecule has 0 radical (unpaired) electrons. The molecule has 0 atom stereocenters. The minimum absolute atomic E-state index is 0.104. The van der Waals surface area contributed by atoms with Crippen molar-refractivity contribution in [2.45, 2.75) is 26.2 Å². The van der Waals surface area contributed by atoms with E-state index in [0.717, 1.165) is 5.69 Å². The Hall–Kier alpha value is -5.40. The van der Waals surface area contributed by atoms with E-state index in [-0.39, 0.29) is 5.41 Å². The molecule has 1 aliphatic carbocycles. The van der Waals surface area contributed by atoms with E-state index in [1.165, 1.54) is 72.2 Å². The van der Waals surface area contributed by atoms with Gasteiger partial charge in [0.1, 0.15) is 0 Å². The molecule has 0 saturated heterocycles. The van der Waals surface area contributed by atoms with Crippen LogP contribution in [-0.2, 0) is 5.41 Å². The number of nitrogens with zero attached hydrogens (tertiary/aromatic N) is 1. The largest absolute Gasteiger partial charge is 0.309 e. The van der Waals surface area contributed by atoms with Crippen LogP contribution in [0.25, 0.3) is 44.2 Å². The average molecular weight is 578 g/mol. The Kier molecular flexibility index (Phi) is 6.43. The molecule has 45 heavy (non-hydrogen) atoms. The molecule has 7 aromatic rings. The van der Waals surface area contributed by atoms with Gasteiger partial charge < -0.3 is 4.90 Å². The van der Waals surface area contributed by atoms with Crippen LogP contribution in [-0.4, -0.2) is 0 Å². The van der Waals surface area contributed by atoms with Gasteiger partial charge in [0.15, 0.2) is 0 Å². The van der Waals surface area contributed by atoms with E-state index in [1.54, 1.807) is 0 Å². The first kappa shape index (κ1) is 27.2. The second kappa shape index (κ2) is 10.6. The fourth-order valence-electron chi connectivity index (χ4n) is 7.31. The van der Waals surface area contributed by atoms with Crippen molar-refractivity contribution in [1.82, 2.24) is 0 Å². The Balaban J connectivity index is 1.38. The third kappa shape index (κ3) is 4.38. The third-order valence-electron chi connectivity index (χ3n) is 9.59. The summed E-state index contributed by atoms with van der Waals surface area (Å²) in [6, 6.07) is 57.6. The van der Waals surface area contributed by atoms with Gasteiger partial charge in [0, 0.05) is 27.7 Å². The first-order valence-corrected chi connectivity index (χ1v) is 15.8. The Morgan fingerprint density at radius 1 is 0.489 bits per heavy atom. The summed E-state index contributed by atoms with van der Waals surface area (Å²) in [7, 11) is 0. The molecule has 0 aliphatic heterocycles. The van der Waals surface area contributed by atoms with Crippen molar-refractivity contribution in [3.05, 3.63) is 174 Å². The van der Waals surface area contributed by atoms with Crippen molar-refractivity contribution in [1.29, 1.82) is 0 Å². The highest BCUT2D eigenvalue weighted by Crippen LogP contribution is 2.56. The van der Waals surface area contributed by atoms with E-state index in [2.05, 4.69) is 183 Å². The molecule has 1 heteroatoms. The molecule has 0 amide bonds. The third-order valence-corrected chi connectivity index (χ3v) is 9.59. The van der Waals surface area contributed by atoms with Crippen molar-refractivity contribution >= 4 is 27.8 Å². The standard InChI is InChI=1S/C44H35N/c1-30-15-7-14-24-41(30)45(34-27-25-32(26-28-34)36-20-11-10-19-35(36)31-16-5-4-6-17-31)43-37-21-9-8-18-33(37)29-40-42(43)38-22-12-13-23-39(38)44(40,2)3/h4-29H,1-3H3. The number of fused-ring (bicyclic) bond motifs is 4. The summed E-state index contributed by atoms with van der Waals surface area (Å²) < 4.78 is 0. The highest BCUT2D eigenvalue weighted by atomic mass is 15.1. The van der Waals surface area contributed by atoms with Crippen molar-refractivity contribution in [3.8, 4) is 33.4 Å². The maximum absolute atomic E-state index is 2.50. The SMILES string of the molecule is Cc1ccccc1N(c1ccc(-c2ccccc2-c2ccccc2)cc1)c1c2c(cc3ccccc13)C(C)(C)c1ccccc1-2. The van der Waals surface area contributed by atoms with Crippen molar-refractivity contribution in [3.63, 3.8) is 0 Å². The van der Waals surface area contributed by atoms with Gasteiger partial charge >= 0.3 is 0 Å². The Morgan fingerprint density at radius 2 is 1.07 bits per heavy atom. The lowest BCUT2D eigenvalue weighted by atomic mass is 9.81. The van der Waals surface area contributed by atoms with E-state index in [1.807, 2.05) is 0 Å². The number of hydrogen-bond donors (Lipinski definition) is 0. The molecule has 0 spiro atoms. The van der Waals surface area contributed by atoms with Crippen molar-refractivity contribution in [2.24, 2.45) is 0 Å². The molecule has 7 aromatic carbocycles. The zero-order chi connectivity index (χ0) is 30.5. The lowest BCUT2D eigenvalue weighted by molar-refractivity contribution is 0.661. The first-order chi connectivity index (χ1) is 22.0. The highest BCUT2D eigenvalue weighted by Gasteiger charge is 2.39. The smallest absolute Gasteiger partial charge is 0.0621 e. The second-order valence-electron chi connectivity index (χ2n) is 12.6. The summed E-state index contributed by atoms with van der Waals surface area (Å²) in [6.45, 7) is 6.96. The van der Waals surface area contributed by atoms with Gasteiger partial charge in [0.05, 0.1) is 5.69 Å². The molecular formula is C44H35N. The summed E-state index contributed by atoms with van der Waals surface area (Å²) >= 11 is 0. The minimum atomic E-state index is -0.104. The Morgan fingerprint density at radius 3 is 1.80 bits per heavy atom. The number of rotatable bonds is 5. The van der Waals surface area contributed by atoms with E-state index < -0.39 is 0 Å². The van der Waals surface area contributed by atoms with Crippen molar-refractivity contribution < 1.29 is 0 Å². The van der Waals surface area contributed by atoms with Crippen LogP contribution in [0, 0.1) is 6.92 Å².